The average Bonchev–Trinajstić information content (AvgIpc) is 2.00. The molecule has 0 radical (unpaired) electrons. The minimum atomic E-state index is -1.55. The van der Waals surface area contributed by atoms with Crippen molar-refractivity contribution in [1.29, 1.82) is 0 Å². The van der Waals surface area contributed by atoms with E-state index in [2.05, 4.69) is 0 Å². The lowest BCUT2D eigenvalue weighted by molar-refractivity contribution is 0.0692. The topological polar surface area (TPSA) is 57.5 Å². The number of carboxylic acid groups (broad SMARTS) is 1. The number of rotatable bonds is 1. The number of aromatic hydroxyl groups is 1. The summed E-state index contributed by atoms with van der Waals surface area (Å²) in [5.41, 5.74) is -0.658. The molecule has 1 aromatic rings. The molecular weight excluding hydrogens is 170 g/mol. The molecule has 0 amide bonds. The maximum Gasteiger partial charge on any atom is 0.339 e. The van der Waals surface area contributed by atoms with E-state index >= 15 is 0 Å². The second kappa shape index (κ2) is 2.77. The highest BCUT2D eigenvalue weighted by Gasteiger charge is 2.16. The maximum absolute atomic E-state index is 12.5. The van der Waals surface area contributed by atoms with Crippen LogP contribution in [0.1, 0.15) is 10.4 Å². The molecule has 1 aromatic carbocycles. The van der Waals surface area contributed by atoms with Gasteiger partial charge in [0.1, 0.15) is 5.56 Å². The zero-order valence-electron chi connectivity index (χ0n) is 5.71. The summed E-state index contributed by atoms with van der Waals surface area (Å²) in [5.74, 6) is -5.51. The summed E-state index contributed by atoms with van der Waals surface area (Å²) in [7, 11) is 0. The molecule has 0 saturated carbocycles. The van der Waals surface area contributed by atoms with Gasteiger partial charge in [0.25, 0.3) is 0 Å². The molecule has 0 spiro atoms. The number of carboxylic acids is 1. The second-order valence-corrected chi connectivity index (χ2v) is 2.06. The summed E-state index contributed by atoms with van der Waals surface area (Å²) in [6.45, 7) is 0. The van der Waals surface area contributed by atoms with Gasteiger partial charge in [-0.25, -0.2) is 9.18 Å². The molecular formula is C7H4F2O3. The normalized spacial score (nSPS) is 9.83. The quantitative estimate of drug-likeness (QED) is 0.675. The van der Waals surface area contributed by atoms with Crippen LogP contribution in [0.5, 0.6) is 5.75 Å². The first-order valence-corrected chi connectivity index (χ1v) is 2.94. The highest BCUT2D eigenvalue weighted by Crippen LogP contribution is 2.22. The average molecular weight is 174 g/mol. The van der Waals surface area contributed by atoms with E-state index in [-0.39, 0.29) is 0 Å². The van der Waals surface area contributed by atoms with E-state index in [0.29, 0.717) is 6.07 Å². The van der Waals surface area contributed by atoms with Gasteiger partial charge in [-0.2, -0.15) is 4.39 Å². The van der Waals surface area contributed by atoms with Gasteiger partial charge < -0.3 is 10.2 Å². The molecule has 1 rings (SSSR count). The summed E-state index contributed by atoms with van der Waals surface area (Å²) >= 11 is 0. The second-order valence-electron chi connectivity index (χ2n) is 2.06. The Kier molecular flexibility index (Phi) is 1.95. The van der Waals surface area contributed by atoms with Gasteiger partial charge in [-0.3, -0.25) is 0 Å². The van der Waals surface area contributed by atoms with E-state index in [1.807, 2.05) is 0 Å². The van der Waals surface area contributed by atoms with Crippen molar-refractivity contribution in [3.05, 3.63) is 29.3 Å². The predicted octanol–water partition coefficient (Wildman–Crippen LogP) is 1.37. The van der Waals surface area contributed by atoms with Crippen LogP contribution in [0.4, 0.5) is 8.78 Å². The van der Waals surface area contributed by atoms with Crippen LogP contribution >= 0.6 is 0 Å². The van der Waals surface area contributed by atoms with E-state index in [9.17, 15) is 13.6 Å². The van der Waals surface area contributed by atoms with Crippen LogP contribution < -0.4 is 0 Å². The number of hydrogen-bond acceptors (Lipinski definition) is 2. The Hall–Kier alpha value is -1.65. The fourth-order valence-electron chi connectivity index (χ4n) is 0.713. The van der Waals surface area contributed by atoms with Crippen molar-refractivity contribution in [2.24, 2.45) is 0 Å². The Morgan fingerprint density at radius 2 is 1.92 bits per heavy atom. The lowest BCUT2D eigenvalue weighted by Crippen LogP contribution is -1.99. The smallest absolute Gasteiger partial charge is 0.339 e. The summed E-state index contributed by atoms with van der Waals surface area (Å²) in [5, 5.41) is 17.1. The van der Waals surface area contributed by atoms with E-state index in [4.69, 9.17) is 10.2 Å². The van der Waals surface area contributed by atoms with Gasteiger partial charge in [0.15, 0.2) is 11.6 Å². The minimum Gasteiger partial charge on any atom is -0.504 e. The molecule has 12 heavy (non-hydrogen) atoms. The molecule has 0 aliphatic rings. The van der Waals surface area contributed by atoms with Crippen LogP contribution in [0.2, 0.25) is 0 Å². The molecule has 0 unspecified atom stereocenters. The van der Waals surface area contributed by atoms with Crippen molar-refractivity contribution in [3.63, 3.8) is 0 Å². The van der Waals surface area contributed by atoms with Gasteiger partial charge in [0.2, 0.25) is 5.82 Å². The van der Waals surface area contributed by atoms with Crippen LogP contribution in [0, 0.1) is 11.6 Å². The van der Waals surface area contributed by atoms with E-state index in [1.165, 1.54) is 0 Å². The SMILES string of the molecule is O=C(O)c1ccc(F)c(F)c1O. The van der Waals surface area contributed by atoms with Gasteiger partial charge in [0, 0.05) is 0 Å². The third-order valence-corrected chi connectivity index (χ3v) is 1.30. The van der Waals surface area contributed by atoms with Crippen molar-refractivity contribution in [2.75, 3.05) is 0 Å². The predicted molar refractivity (Wildman–Crippen MR) is 35.0 cm³/mol. The third-order valence-electron chi connectivity index (χ3n) is 1.30. The molecule has 5 heteroatoms. The van der Waals surface area contributed by atoms with Crippen LogP contribution in [0.25, 0.3) is 0 Å². The third kappa shape index (κ3) is 1.20. The van der Waals surface area contributed by atoms with Crippen LogP contribution in [-0.4, -0.2) is 16.2 Å². The summed E-state index contributed by atoms with van der Waals surface area (Å²) in [4.78, 5) is 10.2. The molecule has 0 aliphatic carbocycles. The summed E-state index contributed by atoms with van der Waals surface area (Å²) in [6, 6.07) is 1.43. The molecule has 2 N–H and O–H groups in total. The molecule has 0 bridgehead atoms. The van der Waals surface area contributed by atoms with Crippen molar-refractivity contribution >= 4 is 5.97 Å². The van der Waals surface area contributed by atoms with Gasteiger partial charge in [-0.05, 0) is 12.1 Å². The number of benzene rings is 1. The standard InChI is InChI=1S/C7H4F2O3/c8-4-2-1-3(7(11)12)6(10)5(4)9/h1-2,10H,(H,11,12). The zero-order valence-corrected chi connectivity index (χ0v) is 5.71. The Morgan fingerprint density at radius 1 is 1.33 bits per heavy atom. The molecule has 0 aromatic heterocycles. The highest BCUT2D eigenvalue weighted by molar-refractivity contribution is 5.90. The molecule has 64 valence electrons. The van der Waals surface area contributed by atoms with Gasteiger partial charge >= 0.3 is 5.97 Å². The Bertz CT molecular complexity index is 336. The van der Waals surface area contributed by atoms with E-state index < -0.39 is 28.9 Å². The molecule has 3 nitrogen and oxygen atoms in total. The molecule has 0 aliphatic heterocycles. The highest BCUT2D eigenvalue weighted by atomic mass is 19.2. The van der Waals surface area contributed by atoms with E-state index in [1.54, 1.807) is 0 Å². The fraction of sp³-hybridized carbons (Fsp3) is 0. The number of hydrogen-bond donors (Lipinski definition) is 2. The lowest BCUT2D eigenvalue weighted by Gasteiger charge is -1.99. The lowest BCUT2D eigenvalue weighted by atomic mass is 10.2. The number of phenols is 1. The van der Waals surface area contributed by atoms with Crippen LogP contribution in [-0.2, 0) is 0 Å². The summed E-state index contributed by atoms with van der Waals surface area (Å²) < 4.78 is 24.8. The first-order chi connectivity index (χ1) is 5.54. The Balaban J connectivity index is 3.36. The van der Waals surface area contributed by atoms with Gasteiger partial charge in [-0.1, -0.05) is 0 Å². The Labute approximate surface area is 65.9 Å². The first-order valence-electron chi connectivity index (χ1n) is 2.94. The van der Waals surface area contributed by atoms with Crippen molar-refractivity contribution in [2.45, 2.75) is 0 Å². The van der Waals surface area contributed by atoms with Crippen LogP contribution in [0.3, 0.4) is 0 Å². The van der Waals surface area contributed by atoms with Crippen molar-refractivity contribution in [3.8, 4) is 5.75 Å². The van der Waals surface area contributed by atoms with Crippen molar-refractivity contribution in [1.82, 2.24) is 0 Å². The molecule has 0 saturated heterocycles. The largest absolute Gasteiger partial charge is 0.504 e. The Morgan fingerprint density at radius 3 is 2.42 bits per heavy atom. The minimum absolute atomic E-state index is 0.637. The fourth-order valence-corrected chi connectivity index (χ4v) is 0.713. The monoisotopic (exact) mass is 174 g/mol. The van der Waals surface area contributed by atoms with Gasteiger partial charge in [-0.15, -0.1) is 0 Å². The van der Waals surface area contributed by atoms with Crippen molar-refractivity contribution < 1.29 is 23.8 Å². The number of halogens is 2. The van der Waals surface area contributed by atoms with E-state index in [0.717, 1.165) is 6.07 Å². The van der Waals surface area contributed by atoms with Crippen LogP contribution in [0.15, 0.2) is 12.1 Å². The van der Waals surface area contributed by atoms with Gasteiger partial charge in [0.05, 0.1) is 0 Å². The number of aromatic carboxylic acids is 1. The molecule has 0 heterocycles. The maximum atomic E-state index is 12.5. The molecule has 0 fully saturated rings. The molecule has 0 atom stereocenters. The number of carbonyl (C=O) groups is 1. The first kappa shape index (κ1) is 8.45. The summed E-state index contributed by atoms with van der Waals surface area (Å²) in [6.07, 6.45) is 0. The zero-order chi connectivity index (χ0) is 9.30.